The van der Waals surface area contributed by atoms with Gasteiger partial charge in [0.05, 0.1) is 22.4 Å². The number of nitrogens with one attached hydrogen (secondary N) is 1. The van der Waals surface area contributed by atoms with Crippen LogP contribution in [0.2, 0.25) is 5.02 Å². The molecule has 0 amide bonds. The summed E-state index contributed by atoms with van der Waals surface area (Å²) in [6, 6.07) is 2.86. The van der Waals surface area contributed by atoms with E-state index >= 15 is 0 Å². The largest absolute Gasteiger partial charge is 0.327 e. The van der Waals surface area contributed by atoms with Gasteiger partial charge < -0.3 is 0 Å². The Morgan fingerprint density at radius 2 is 2.09 bits per heavy atom. The van der Waals surface area contributed by atoms with Gasteiger partial charge in [0, 0.05) is 18.3 Å². The Bertz CT molecular complexity index is 885. The molecule has 3 heterocycles. The number of imidazole rings is 1. The Labute approximate surface area is 137 Å². The smallest absolute Gasteiger partial charge is 0.290 e. The molecule has 0 aromatic carbocycles. The number of pyridine rings is 2. The fourth-order valence-electron chi connectivity index (χ4n) is 2.60. The van der Waals surface area contributed by atoms with Crippen LogP contribution in [-0.4, -0.2) is 19.5 Å². The Morgan fingerprint density at radius 3 is 2.78 bits per heavy atom. The van der Waals surface area contributed by atoms with Crippen molar-refractivity contribution in [2.45, 2.75) is 32.7 Å². The first-order valence-electron chi connectivity index (χ1n) is 7.50. The number of unbranched alkanes of at least 4 members (excludes halogenated alkanes) is 2. The lowest BCUT2D eigenvalue weighted by molar-refractivity contribution is 0.601. The minimum Gasteiger partial charge on any atom is -0.290 e. The molecule has 0 aliphatic rings. The highest BCUT2D eigenvalue weighted by atomic mass is 35.5. The van der Waals surface area contributed by atoms with Gasteiger partial charge in [0.25, 0.3) is 0 Å². The van der Waals surface area contributed by atoms with E-state index in [4.69, 9.17) is 11.6 Å². The van der Waals surface area contributed by atoms with Gasteiger partial charge in [-0.1, -0.05) is 31.4 Å². The molecule has 3 aromatic heterocycles. The summed E-state index contributed by atoms with van der Waals surface area (Å²) >= 11 is 6.29. The summed E-state index contributed by atoms with van der Waals surface area (Å²) in [7, 11) is 0. The Hall–Kier alpha value is -2.21. The van der Waals surface area contributed by atoms with E-state index in [1.54, 1.807) is 10.6 Å². The average Bonchev–Trinajstić information content (AvgIpc) is 2.85. The topological polar surface area (TPSA) is 63.6 Å². The van der Waals surface area contributed by atoms with Crippen LogP contribution in [0.1, 0.15) is 26.2 Å². The quantitative estimate of drug-likeness (QED) is 0.722. The molecular formula is C16H16ClFN4O. The van der Waals surface area contributed by atoms with E-state index in [0.717, 1.165) is 25.5 Å². The molecule has 0 unspecified atom stereocenters. The van der Waals surface area contributed by atoms with E-state index in [2.05, 4.69) is 21.9 Å². The van der Waals surface area contributed by atoms with Crippen molar-refractivity contribution in [3.05, 3.63) is 45.9 Å². The minimum absolute atomic E-state index is 0.228. The Kier molecular flexibility index (Phi) is 4.43. The van der Waals surface area contributed by atoms with Crippen LogP contribution in [0.5, 0.6) is 0 Å². The van der Waals surface area contributed by atoms with Crippen molar-refractivity contribution in [1.29, 1.82) is 0 Å². The number of halogens is 2. The minimum atomic E-state index is -0.426. The van der Waals surface area contributed by atoms with Gasteiger partial charge in [-0.2, -0.15) is 0 Å². The summed E-state index contributed by atoms with van der Waals surface area (Å²) in [6.45, 7) is 2.67. The molecule has 0 saturated carbocycles. The molecule has 3 aromatic rings. The molecule has 23 heavy (non-hydrogen) atoms. The summed E-state index contributed by atoms with van der Waals surface area (Å²) in [6.07, 6.45) is 5.56. The molecule has 7 heteroatoms. The third-order valence-electron chi connectivity index (χ3n) is 3.72. The SMILES string of the molecule is CCCCCn1c(=O)[nH]c2ncc(Cl)c(-c3ccc(F)cn3)c21. The molecule has 1 N–H and O–H groups in total. The Morgan fingerprint density at radius 1 is 1.26 bits per heavy atom. The van der Waals surface area contributed by atoms with Crippen LogP contribution >= 0.6 is 11.6 Å². The molecule has 0 aliphatic carbocycles. The number of nitrogens with zero attached hydrogens (tertiary/aromatic N) is 3. The second-order valence-electron chi connectivity index (χ2n) is 5.33. The van der Waals surface area contributed by atoms with Crippen LogP contribution in [0.3, 0.4) is 0 Å². The van der Waals surface area contributed by atoms with Gasteiger partial charge in [-0.15, -0.1) is 0 Å². The van der Waals surface area contributed by atoms with Gasteiger partial charge in [-0.3, -0.25) is 14.5 Å². The second-order valence-corrected chi connectivity index (χ2v) is 5.74. The van der Waals surface area contributed by atoms with Crippen molar-refractivity contribution >= 4 is 22.8 Å². The van der Waals surface area contributed by atoms with Crippen LogP contribution < -0.4 is 5.69 Å². The fourth-order valence-corrected chi connectivity index (χ4v) is 2.84. The normalized spacial score (nSPS) is 11.3. The van der Waals surface area contributed by atoms with Crippen molar-refractivity contribution in [2.75, 3.05) is 0 Å². The molecule has 3 rings (SSSR count). The summed E-state index contributed by atoms with van der Waals surface area (Å²) in [5.74, 6) is -0.426. The molecule has 120 valence electrons. The third-order valence-corrected chi connectivity index (χ3v) is 4.00. The lowest BCUT2D eigenvalue weighted by atomic mass is 10.1. The van der Waals surface area contributed by atoms with Crippen LogP contribution in [0.15, 0.2) is 29.3 Å². The first-order chi connectivity index (χ1) is 11.1. The van der Waals surface area contributed by atoms with Gasteiger partial charge in [0.1, 0.15) is 5.82 Å². The van der Waals surface area contributed by atoms with Crippen LogP contribution in [-0.2, 0) is 6.54 Å². The molecule has 0 atom stereocenters. The monoisotopic (exact) mass is 334 g/mol. The zero-order valence-electron chi connectivity index (χ0n) is 12.6. The zero-order valence-corrected chi connectivity index (χ0v) is 13.4. The molecular weight excluding hydrogens is 319 g/mol. The van der Waals surface area contributed by atoms with Crippen LogP contribution in [0.4, 0.5) is 4.39 Å². The fraction of sp³-hybridized carbons (Fsp3) is 0.312. The van der Waals surface area contributed by atoms with Crippen molar-refractivity contribution in [3.8, 4) is 11.3 Å². The summed E-state index contributed by atoms with van der Waals surface area (Å²) in [5.41, 5.74) is 1.93. The second kappa shape index (κ2) is 6.50. The van der Waals surface area contributed by atoms with E-state index in [9.17, 15) is 9.18 Å². The van der Waals surface area contributed by atoms with Crippen LogP contribution in [0, 0.1) is 5.82 Å². The molecule has 0 spiro atoms. The Balaban J connectivity index is 2.21. The first-order valence-corrected chi connectivity index (χ1v) is 7.88. The number of hydrogen-bond donors (Lipinski definition) is 1. The predicted molar refractivity (Wildman–Crippen MR) is 88.1 cm³/mol. The summed E-state index contributed by atoms with van der Waals surface area (Å²) in [4.78, 5) is 23.2. The maximum absolute atomic E-state index is 13.1. The maximum atomic E-state index is 13.1. The average molecular weight is 335 g/mol. The highest BCUT2D eigenvalue weighted by Gasteiger charge is 2.17. The van der Waals surface area contributed by atoms with Gasteiger partial charge in [-0.05, 0) is 18.6 Å². The predicted octanol–water partition coefficient (Wildman–Crippen LogP) is 3.77. The van der Waals surface area contributed by atoms with Crippen molar-refractivity contribution in [2.24, 2.45) is 0 Å². The van der Waals surface area contributed by atoms with E-state index in [0.29, 0.717) is 34.0 Å². The van der Waals surface area contributed by atoms with Gasteiger partial charge in [0.2, 0.25) is 0 Å². The number of fused-ring (bicyclic) bond motifs is 1. The highest BCUT2D eigenvalue weighted by Crippen LogP contribution is 2.32. The highest BCUT2D eigenvalue weighted by molar-refractivity contribution is 6.34. The lowest BCUT2D eigenvalue weighted by Gasteiger charge is -2.09. The number of hydrogen-bond acceptors (Lipinski definition) is 3. The van der Waals surface area contributed by atoms with E-state index < -0.39 is 5.82 Å². The third kappa shape index (κ3) is 2.99. The molecule has 0 bridgehead atoms. The number of aryl methyl sites for hydroxylation is 1. The zero-order chi connectivity index (χ0) is 16.4. The van der Waals surface area contributed by atoms with E-state index in [1.165, 1.54) is 12.3 Å². The van der Waals surface area contributed by atoms with Crippen molar-refractivity contribution < 1.29 is 4.39 Å². The summed E-state index contributed by atoms with van der Waals surface area (Å²) in [5, 5.41) is 0.375. The summed E-state index contributed by atoms with van der Waals surface area (Å²) < 4.78 is 14.8. The number of H-pyrrole nitrogens is 1. The van der Waals surface area contributed by atoms with Gasteiger partial charge in [0.15, 0.2) is 5.65 Å². The number of aromatic nitrogens is 4. The number of rotatable bonds is 5. The van der Waals surface area contributed by atoms with Crippen molar-refractivity contribution in [3.63, 3.8) is 0 Å². The van der Waals surface area contributed by atoms with Gasteiger partial charge in [-0.25, -0.2) is 14.2 Å². The van der Waals surface area contributed by atoms with E-state index in [1.807, 2.05) is 0 Å². The van der Waals surface area contributed by atoms with E-state index in [-0.39, 0.29) is 5.69 Å². The van der Waals surface area contributed by atoms with Gasteiger partial charge >= 0.3 is 5.69 Å². The number of aromatic amines is 1. The maximum Gasteiger partial charge on any atom is 0.327 e. The standard InChI is InChI=1S/C16H16ClFN4O/c1-2-3-4-7-22-14-13(12-6-5-10(18)8-19-12)11(17)9-20-15(14)21-16(22)23/h5-6,8-9H,2-4,7H2,1H3,(H,20,21,23). The molecule has 5 nitrogen and oxygen atoms in total. The molecule has 0 radical (unpaired) electrons. The molecule has 0 saturated heterocycles. The van der Waals surface area contributed by atoms with Crippen molar-refractivity contribution in [1.82, 2.24) is 19.5 Å². The molecule has 0 fully saturated rings. The lowest BCUT2D eigenvalue weighted by Crippen LogP contribution is -2.17. The first kappa shape index (κ1) is 15.7. The van der Waals surface area contributed by atoms with Crippen LogP contribution in [0.25, 0.3) is 22.4 Å². The molecule has 0 aliphatic heterocycles.